The number of nitrogens with two attached hydrogens (primary N) is 1. The fourth-order valence-electron chi connectivity index (χ4n) is 1.89. The van der Waals surface area contributed by atoms with E-state index in [0.29, 0.717) is 5.82 Å². The molecule has 0 aliphatic heterocycles. The Morgan fingerprint density at radius 2 is 1.95 bits per heavy atom. The van der Waals surface area contributed by atoms with E-state index in [-0.39, 0.29) is 5.41 Å². The zero-order valence-electron chi connectivity index (χ0n) is 13.0. The number of nitrogens with zero attached hydrogens (tertiary/aromatic N) is 4. The summed E-state index contributed by atoms with van der Waals surface area (Å²) < 4.78 is 2.01. The van der Waals surface area contributed by atoms with Gasteiger partial charge in [-0.15, -0.1) is 0 Å². The first-order valence-corrected chi connectivity index (χ1v) is 6.97. The number of nitrogens with one attached hydrogen (secondary N) is 2. The number of hydrogen-bond donors (Lipinski definition) is 3. The lowest BCUT2D eigenvalue weighted by atomic mass is 9.95. The van der Waals surface area contributed by atoms with Crippen LogP contribution in [-0.4, -0.2) is 26.1 Å². The minimum absolute atomic E-state index is 0.139. The van der Waals surface area contributed by atoms with Crippen molar-refractivity contribution in [1.29, 1.82) is 0 Å². The third-order valence-electron chi connectivity index (χ3n) is 3.17. The minimum Gasteiger partial charge on any atom is -0.368 e. The molecule has 7 nitrogen and oxygen atoms in total. The van der Waals surface area contributed by atoms with Gasteiger partial charge >= 0.3 is 0 Å². The predicted molar refractivity (Wildman–Crippen MR) is 84.0 cm³/mol. The topological polar surface area (TPSA) is 93.7 Å². The number of rotatable bonds is 5. The molecule has 2 aromatic heterocycles. The molecular weight excluding hydrogens is 266 g/mol. The van der Waals surface area contributed by atoms with Crippen LogP contribution in [-0.2, 0) is 12.0 Å². The number of nitrogen functional groups attached to an aromatic ring is 1. The molecule has 0 aromatic carbocycles. The lowest BCUT2D eigenvalue weighted by Crippen LogP contribution is -2.22. The second kappa shape index (κ2) is 6.09. The van der Waals surface area contributed by atoms with E-state index in [4.69, 9.17) is 5.84 Å². The lowest BCUT2D eigenvalue weighted by Gasteiger charge is -2.20. The van der Waals surface area contributed by atoms with Gasteiger partial charge in [0.25, 0.3) is 0 Å². The fourth-order valence-corrected chi connectivity index (χ4v) is 1.89. The van der Waals surface area contributed by atoms with Crippen LogP contribution in [0.4, 0.5) is 11.6 Å². The molecule has 0 fully saturated rings. The SMILES string of the molecule is Cc1c(NN)nc(C(C)(C)C)nc1NCCn1ccnc1. The van der Waals surface area contributed by atoms with E-state index in [1.54, 1.807) is 12.5 Å². The molecule has 2 aromatic rings. The minimum atomic E-state index is -0.139. The summed E-state index contributed by atoms with van der Waals surface area (Å²) in [6.45, 7) is 9.75. The first-order valence-electron chi connectivity index (χ1n) is 6.97. The molecule has 4 N–H and O–H groups in total. The zero-order valence-corrected chi connectivity index (χ0v) is 13.0. The smallest absolute Gasteiger partial charge is 0.148 e. The van der Waals surface area contributed by atoms with Crippen molar-refractivity contribution in [3.8, 4) is 0 Å². The Labute approximate surface area is 125 Å². The highest BCUT2D eigenvalue weighted by Gasteiger charge is 2.20. The van der Waals surface area contributed by atoms with Gasteiger partial charge in [0.05, 0.1) is 6.33 Å². The van der Waals surface area contributed by atoms with Gasteiger partial charge in [0.15, 0.2) is 0 Å². The van der Waals surface area contributed by atoms with E-state index in [1.165, 1.54) is 0 Å². The summed E-state index contributed by atoms with van der Waals surface area (Å²) in [6.07, 6.45) is 5.49. The highest BCUT2D eigenvalue weighted by atomic mass is 15.3. The Morgan fingerprint density at radius 3 is 2.52 bits per heavy atom. The van der Waals surface area contributed by atoms with Crippen LogP contribution in [0.3, 0.4) is 0 Å². The molecule has 7 heteroatoms. The molecule has 2 heterocycles. The highest BCUT2D eigenvalue weighted by Crippen LogP contribution is 2.25. The predicted octanol–water partition coefficient (Wildman–Crippen LogP) is 1.68. The van der Waals surface area contributed by atoms with E-state index in [9.17, 15) is 0 Å². The molecule has 0 saturated carbocycles. The lowest BCUT2D eigenvalue weighted by molar-refractivity contribution is 0.546. The molecule has 21 heavy (non-hydrogen) atoms. The second-order valence-electron chi connectivity index (χ2n) is 5.99. The summed E-state index contributed by atoms with van der Waals surface area (Å²) in [5, 5.41) is 3.34. The molecule has 0 aliphatic rings. The van der Waals surface area contributed by atoms with Gasteiger partial charge in [-0.1, -0.05) is 20.8 Å². The van der Waals surface area contributed by atoms with Gasteiger partial charge in [-0.2, -0.15) is 0 Å². The molecule has 0 unspecified atom stereocenters. The van der Waals surface area contributed by atoms with Crippen molar-refractivity contribution < 1.29 is 0 Å². The van der Waals surface area contributed by atoms with Gasteiger partial charge < -0.3 is 15.3 Å². The molecule has 114 valence electrons. The summed E-state index contributed by atoms with van der Waals surface area (Å²) in [7, 11) is 0. The molecule has 0 amide bonds. The van der Waals surface area contributed by atoms with Gasteiger partial charge in [0, 0.05) is 36.5 Å². The first-order chi connectivity index (χ1) is 9.91. The molecule has 0 atom stereocenters. The van der Waals surface area contributed by atoms with Crippen molar-refractivity contribution in [1.82, 2.24) is 19.5 Å². The van der Waals surface area contributed by atoms with Crippen molar-refractivity contribution in [2.24, 2.45) is 5.84 Å². The van der Waals surface area contributed by atoms with Gasteiger partial charge in [-0.25, -0.2) is 20.8 Å². The Bertz CT molecular complexity index is 584. The fraction of sp³-hybridized carbons (Fsp3) is 0.500. The van der Waals surface area contributed by atoms with Crippen LogP contribution in [0, 0.1) is 6.92 Å². The van der Waals surface area contributed by atoms with Crippen LogP contribution in [0.1, 0.15) is 32.2 Å². The summed E-state index contributed by atoms with van der Waals surface area (Å²) in [5.41, 5.74) is 3.42. The molecule has 0 saturated heterocycles. The van der Waals surface area contributed by atoms with Crippen LogP contribution >= 0.6 is 0 Å². The summed E-state index contributed by atoms with van der Waals surface area (Å²) >= 11 is 0. The molecule has 0 spiro atoms. The third kappa shape index (κ3) is 3.69. The molecule has 0 radical (unpaired) electrons. The van der Waals surface area contributed by atoms with Crippen LogP contribution < -0.4 is 16.6 Å². The molecule has 0 aliphatic carbocycles. The van der Waals surface area contributed by atoms with Crippen LogP contribution in [0.25, 0.3) is 0 Å². The van der Waals surface area contributed by atoms with E-state index in [1.807, 2.05) is 17.7 Å². The molecule has 2 rings (SSSR count). The van der Waals surface area contributed by atoms with Gasteiger partial charge in [-0.3, -0.25) is 0 Å². The van der Waals surface area contributed by atoms with Gasteiger partial charge in [-0.05, 0) is 6.92 Å². The normalized spacial score (nSPS) is 11.5. The van der Waals surface area contributed by atoms with Crippen molar-refractivity contribution >= 4 is 11.6 Å². The monoisotopic (exact) mass is 289 g/mol. The average Bonchev–Trinajstić information content (AvgIpc) is 2.92. The van der Waals surface area contributed by atoms with Crippen LogP contribution in [0.15, 0.2) is 18.7 Å². The summed E-state index contributed by atoms with van der Waals surface area (Å²) in [6, 6.07) is 0. The number of hydrazine groups is 1. The standard InChI is InChI=1S/C14H23N7/c1-10-11(17-6-8-21-7-5-16-9-21)18-13(14(2,3)4)19-12(10)20-15/h5,7,9H,6,8,15H2,1-4H3,(H2,17,18,19,20). The van der Waals surface area contributed by atoms with Crippen molar-refractivity contribution in [3.05, 3.63) is 30.1 Å². The van der Waals surface area contributed by atoms with Crippen molar-refractivity contribution in [2.75, 3.05) is 17.3 Å². The quantitative estimate of drug-likeness (QED) is 0.573. The molecule has 0 bridgehead atoms. The maximum atomic E-state index is 5.56. The number of imidazole rings is 1. The number of anilines is 2. The van der Waals surface area contributed by atoms with Gasteiger partial charge in [0.2, 0.25) is 0 Å². The number of hydrogen-bond acceptors (Lipinski definition) is 6. The third-order valence-corrected chi connectivity index (χ3v) is 3.17. The average molecular weight is 289 g/mol. The largest absolute Gasteiger partial charge is 0.368 e. The Balaban J connectivity index is 2.17. The summed E-state index contributed by atoms with van der Waals surface area (Å²) in [4.78, 5) is 13.1. The Kier molecular flexibility index (Phi) is 4.42. The van der Waals surface area contributed by atoms with Crippen LogP contribution in [0.5, 0.6) is 0 Å². The van der Waals surface area contributed by atoms with Gasteiger partial charge in [0.1, 0.15) is 17.5 Å². The second-order valence-corrected chi connectivity index (χ2v) is 5.99. The van der Waals surface area contributed by atoms with E-state index in [2.05, 4.69) is 46.5 Å². The van der Waals surface area contributed by atoms with E-state index < -0.39 is 0 Å². The van der Waals surface area contributed by atoms with Crippen molar-refractivity contribution in [3.63, 3.8) is 0 Å². The Morgan fingerprint density at radius 1 is 1.24 bits per heavy atom. The maximum absolute atomic E-state index is 5.56. The molecular formula is C14H23N7. The van der Waals surface area contributed by atoms with Crippen LogP contribution in [0.2, 0.25) is 0 Å². The summed E-state index contributed by atoms with van der Waals surface area (Å²) in [5.74, 6) is 7.77. The first kappa shape index (κ1) is 15.2. The van der Waals surface area contributed by atoms with E-state index >= 15 is 0 Å². The highest BCUT2D eigenvalue weighted by molar-refractivity contribution is 5.57. The maximum Gasteiger partial charge on any atom is 0.148 e. The zero-order chi connectivity index (χ0) is 15.5. The Hall–Kier alpha value is -2.15. The van der Waals surface area contributed by atoms with E-state index in [0.717, 1.165) is 30.3 Å². The number of aromatic nitrogens is 4. The van der Waals surface area contributed by atoms with Crippen molar-refractivity contribution in [2.45, 2.75) is 39.7 Å².